The largest absolute Gasteiger partial charge is 0.399 e. The summed E-state index contributed by atoms with van der Waals surface area (Å²) >= 11 is 0. The molecule has 1 amide bonds. The minimum absolute atomic E-state index is 0.0800. The third-order valence-electron chi connectivity index (χ3n) is 1.64. The van der Waals surface area contributed by atoms with Crippen molar-refractivity contribution in [3.63, 3.8) is 0 Å². The predicted octanol–water partition coefficient (Wildman–Crippen LogP) is 1.22. The number of anilines is 1. The van der Waals surface area contributed by atoms with Crippen LogP contribution in [0, 0.1) is 6.92 Å². The maximum absolute atomic E-state index is 11.3. The number of rotatable bonds is 3. The molecule has 3 nitrogen and oxygen atoms in total. The summed E-state index contributed by atoms with van der Waals surface area (Å²) in [6.07, 6.45) is 0.695. The molecule has 0 aromatic heterocycles. The van der Waals surface area contributed by atoms with Crippen LogP contribution in [-0.4, -0.2) is 12.5 Å². The lowest BCUT2D eigenvalue weighted by molar-refractivity contribution is 0.0954. The zero-order valence-corrected chi connectivity index (χ0v) is 7.42. The first-order valence-corrected chi connectivity index (χ1v) is 4.17. The van der Waals surface area contributed by atoms with Crippen LogP contribution in [0.2, 0.25) is 0 Å². The average Bonchev–Trinajstić information content (AvgIpc) is 2.15. The summed E-state index contributed by atoms with van der Waals surface area (Å²) in [7, 11) is 0. The fraction of sp³-hybridized carbons (Fsp3) is 0.200. The second-order valence-electron chi connectivity index (χ2n) is 2.73. The first-order chi connectivity index (χ1) is 6.24. The van der Waals surface area contributed by atoms with Crippen LogP contribution in [0.15, 0.2) is 24.3 Å². The van der Waals surface area contributed by atoms with Crippen molar-refractivity contribution in [1.82, 2.24) is 5.32 Å². The van der Waals surface area contributed by atoms with E-state index >= 15 is 0 Å². The second-order valence-corrected chi connectivity index (χ2v) is 2.73. The number of amides is 1. The maximum atomic E-state index is 11.3. The van der Waals surface area contributed by atoms with Gasteiger partial charge >= 0.3 is 0 Å². The van der Waals surface area contributed by atoms with E-state index in [9.17, 15) is 4.79 Å². The van der Waals surface area contributed by atoms with Gasteiger partial charge in [-0.2, -0.15) is 0 Å². The monoisotopic (exact) mass is 177 g/mol. The van der Waals surface area contributed by atoms with Gasteiger partial charge in [-0.25, -0.2) is 0 Å². The second kappa shape index (κ2) is 4.50. The molecule has 0 heterocycles. The van der Waals surface area contributed by atoms with Crippen LogP contribution in [0.25, 0.3) is 0 Å². The van der Waals surface area contributed by atoms with Crippen LogP contribution >= 0.6 is 0 Å². The third-order valence-corrected chi connectivity index (χ3v) is 1.64. The molecule has 0 unspecified atom stereocenters. The van der Waals surface area contributed by atoms with Crippen molar-refractivity contribution < 1.29 is 4.79 Å². The van der Waals surface area contributed by atoms with E-state index in [0.29, 0.717) is 24.2 Å². The number of benzene rings is 1. The van der Waals surface area contributed by atoms with Gasteiger partial charge in [-0.15, -0.1) is 0 Å². The highest BCUT2D eigenvalue weighted by molar-refractivity contribution is 5.94. The third kappa shape index (κ3) is 2.78. The Morgan fingerprint density at radius 2 is 2.00 bits per heavy atom. The molecule has 0 atom stereocenters. The molecule has 1 aromatic rings. The van der Waals surface area contributed by atoms with Gasteiger partial charge in [0.25, 0.3) is 5.91 Å². The summed E-state index contributed by atoms with van der Waals surface area (Å²) in [5.74, 6) is -0.0800. The molecular formula is C10H13N2O. The Kier molecular flexibility index (Phi) is 3.31. The SMILES string of the molecule is [CH2]CCNC(=O)c1ccc(N)cc1. The Labute approximate surface area is 77.9 Å². The Bertz CT molecular complexity index is 279. The highest BCUT2D eigenvalue weighted by Crippen LogP contribution is 2.04. The molecule has 0 spiro atoms. The Morgan fingerprint density at radius 1 is 1.38 bits per heavy atom. The van der Waals surface area contributed by atoms with Crippen LogP contribution in [0.5, 0.6) is 0 Å². The van der Waals surface area contributed by atoms with E-state index in [4.69, 9.17) is 5.73 Å². The molecule has 0 saturated carbocycles. The van der Waals surface area contributed by atoms with Crippen molar-refractivity contribution in [3.05, 3.63) is 36.8 Å². The molecule has 1 aromatic carbocycles. The molecule has 0 aliphatic carbocycles. The Hall–Kier alpha value is -1.51. The number of hydrogen-bond donors (Lipinski definition) is 2. The Morgan fingerprint density at radius 3 is 2.54 bits per heavy atom. The fourth-order valence-corrected chi connectivity index (χ4v) is 0.938. The first kappa shape index (κ1) is 9.58. The molecule has 0 aliphatic heterocycles. The molecule has 13 heavy (non-hydrogen) atoms. The molecule has 0 fully saturated rings. The van der Waals surface area contributed by atoms with Gasteiger partial charge in [-0.3, -0.25) is 4.79 Å². The number of nitrogen functional groups attached to an aromatic ring is 1. The van der Waals surface area contributed by atoms with Gasteiger partial charge in [0.05, 0.1) is 0 Å². The fourth-order valence-electron chi connectivity index (χ4n) is 0.938. The van der Waals surface area contributed by atoms with Gasteiger partial charge in [-0.1, -0.05) is 6.92 Å². The zero-order chi connectivity index (χ0) is 9.68. The van der Waals surface area contributed by atoms with E-state index in [1.807, 2.05) is 0 Å². The van der Waals surface area contributed by atoms with E-state index < -0.39 is 0 Å². The summed E-state index contributed by atoms with van der Waals surface area (Å²) in [6.45, 7) is 4.23. The van der Waals surface area contributed by atoms with Gasteiger partial charge in [-0.05, 0) is 30.7 Å². The highest BCUT2D eigenvalue weighted by Gasteiger charge is 2.02. The normalized spacial score (nSPS) is 9.62. The van der Waals surface area contributed by atoms with Gasteiger partial charge < -0.3 is 11.1 Å². The molecular weight excluding hydrogens is 164 g/mol. The molecule has 0 saturated heterocycles. The number of hydrogen-bond acceptors (Lipinski definition) is 2. The van der Waals surface area contributed by atoms with E-state index in [-0.39, 0.29) is 5.91 Å². The standard InChI is InChI=1S/C10H13N2O/c1-2-7-12-10(13)8-3-5-9(11)6-4-8/h3-6H,1-2,7,11H2,(H,12,13). The van der Waals surface area contributed by atoms with E-state index in [1.54, 1.807) is 24.3 Å². The smallest absolute Gasteiger partial charge is 0.251 e. The van der Waals surface area contributed by atoms with Crippen LogP contribution in [0.4, 0.5) is 5.69 Å². The summed E-state index contributed by atoms with van der Waals surface area (Å²) in [6, 6.07) is 6.82. The number of nitrogens with one attached hydrogen (secondary N) is 1. The van der Waals surface area contributed by atoms with Gasteiger partial charge in [0.15, 0.2) is 0 Å². The van der Waals surface area contributed by atoms with Crippen molar-refractivity contribution >= 4 is 11.6 Å². The molecule has 1 radical (unpaired) electrons. The minimum atomic E-state index is -0.0800. The lowest BCUT2D eigenvalue weighted by Gasteiger charge is -2.02. The topological polar surface area (TPSA) is 55.1 Å². The van der Waals surface area contributed by atoms with Gasteiger partial charge in [0, 0.05) is 17.8 Å². The zero-order valence-electron chi connectivity index (χ0n) is 7.42. The van der Waals surface area contributed by atoms with Crippen molar-refractivity contribution in [2.45, 2.75) is 6.42 Å². The van der Waals surface area contributed by atoms with E-state index in [0.717, 1.165) is 0 Å². The highest BCUT2D eigenvalue weighted by atomic mass is 16.1. The van der Waals surface area contributed by atoms with Gasteiger partial charge in [0.2, 0.25) is 0 Å². The Balaban J connectivity index is 2.61. The van der Waals surface area contributed by atoms with E-state index in [1.165, 1.54) is 0 Å². The number of carbonyl (C=O) groups is 1. The first-order valence-electron chi connectivity index (χ1n) is 4.17. The summed E-state index contributed by atoms with van der Waals surface area (Å²) < 4.78 is 0. The van der Waals surface area contributed by atoms with Crippen molar-refractivity contribution in [3.8, 4) is 0 Å². The summed E-state index contributed by atoms with van der Waals surface area (Å²) in [4.78, 5) is 11.3. The van der Waals surface area contributed by atoms with Crippen LogP contribution in [-0.2, 0) is 0 Å². The molecule has 0 aliphatic rings. The average molecular weight is 177 g/mol. The quantitative estimate of drug-likeness (QED) is 0.682. The van der Waals surface area contributed by atoms with Crippen molar-refractivity contribution in [1.29, 1.82) is 0 Å². The maximum Gasteiger partial charge on any atom is 0.251 e. The number of carbonyl (C=O) groups excluding carboxylic acids is 1. The summed E-state index contributed by atoms with van der Waals surface area (Å²) in [5.41, 5.74) is 6.77. The summed E-state index contributed by atoms with van der Waals surface area (Å²) in [5, 5.41) is 2.73. The minimum Gasteiger partial charge on any atom is -0.399 e. The lowest BCUT2D eigenvalue weighted by atomic mass is 10.2. The van der Waals surface area contributed by atoms with E-state index in [2.05, 4.69) is 12.2 Å². The van der Waals surface area contributed by atoms with Crippen LogP contribution < -0.4 is 11.1 Å². The van der Waals surface area contributed by atoms with Crippen LogP contribution in [0.3, 0.4) is 0 Å². The molecule has 1 rings (SSSR count). The molecule has 0 bridgehead atoms. The molecule has 69 valence electrons. The van der Waals surface area contributed by atoms with Crippen LogP contribution in [0.1, 0.15) is 16.8 Å². The lowest BCUT2D eigenvalue weighted by Crippen LogP contribution is -2.23. The predicted molar refractivity (Wildman–Crippen MR) is 53.2 cm³/mol. The molecule has 3 N–H and O–H groups in total. The van der Waals surface area contributed by atoms with Crippen molar-refractivity contribution in [2.75, 3.05) is 12.3 Å². The molecule has 3 heteroatoms. The van der Waals surface area contributed by atoms with Gasteiger partial charge in [0.1, 0.15) is 0 Å². The van der Waals surface area contributed by atoms with Crippen molar-refractivity contribution in [2.24, 2.45) is 0 Å². The number of nitrogens with two attached hydrogens (primary N) is 1.